The molecule has 0 radical (unpaired) electrons. The fourth-order valence-electron chi connectivity index (χ4n) is 2.21. The Morgan fingerprint density at radius 3 is 2.67 bits per heavy atom. The molecule has 0 bridgehead atoms. The van der Waals surface area contributed by atoms with Gasteiger partial charge in [0.2, 0.25) is 5.88 Å². The first kappa shape index (κ1) is 13.3. The molecule has 4 heteroatoms. The second kappa shape index (κ2) is 6.69. The Hall–Kier alpha value is -1.16. The number of nitrogens with one attached hydrogen (secondary N) is 1. The van der Waals surface area contributed by atoms with Gasteiger partial charge in [-0.3, -0.25) is 0 Å². The first-order chi connectivity index (χ1) is 8.74. The molecule has 0 aliphatic heterocycles. The number of nitrogens with zero attached hydrogens (tertiary/aromatic N) is 2. The van der Waals surface area contributed by atoms with Crippen LogP contribution in [0.2, 0.25) is 0 Å². The summed E-state index contributed by atoms with van der Waals surface area (Å²) in [5, 5.41) is 11.6. The van der Waals surface area contributed by atoms with Crippen molar-refractivity contribution >= 4 is 0 Å². The summed E-state index contributed by atoms with van der Waals surface area (Å²) < 4.78 is 5.68. The summed E-state index contributed by atoms with van der Waals surface area (Å²) in [6.07, 6.45) is 5.28. The predicted octanol–water partition coefficient (Wildman–Crippen LogP) is 2.54. The quantitative estimate of drug-likeness (QED) is 0.841. The van der Waals surface area contributed by atoms with Crippen LogP contribution in [-0.2, 0) is 6.54 Å². The largest absolute Gasteiger partial charge is 0.476 e. The van der Waals surface area contributed by atoms with Crippen molar-refractivity contribution in [2.75, 3.05) is 6.61 Å². The molecule has 1 saturated carbocycles. The minimum Gasteiger partial charge on any atom is -0.476 e. The monoisotopic (exact) mass is 249 g/mol. The highest BCUT2D eigenvalue weighted by Gasteiger charge is 2.15. The normalized spacial score (nSPS) is 16.4. The Labute approximate surface area is 109 Å². The molecule has 1 heterocycles. The molecule has 1 aliphatic carbocycles. The fraction of sp³-hybridized carbons (Fsp3) is 0.714. The van der Waals surface area contributed by atoms with Crippen LogP contribution in [0.15, 0.2) is 12.1 Å². The summed E-state index contributed by atoms with van der Waals surface area (Å²) >= 11 is 0. The molecule has 1 N–H and O–H groups in total. The molecule has 1 aromatic rings. The molecule has 4 nitrogen and oxygen atoms in total. The summed E-state index contributed by atoms with van der Waals surface area (Å²) in [6.45, 7) is 5.78. The fourth-order valence-corrected chi connectivity index (χ4v) is 2.21. The Kier molecular flexibility index (Phi) is 4.93. The maximum Gasteiger partial charge on any atom is 0.233 e. The molecule has 0 atom stereocenters. The van der Waals surface area contributed by atoms with E-state index in [1.54, 1.807) is 0 Å². The van der Waals surface area contributed by atoms with Crippen molar-refractivity contribution in [2.45, 2.75) is 52.1 Å². The van der Waals surface area contributed by atoms with E-state index < -0.39 is 0 Å². The second-order valence-corrected chi connectivity index (χ2v) is 5.36. The van der Waals surface area contributed by atoms with Crippen molar-refractivity contribution < 1.29 is 4.74 Å². The molecule has 0 unspecified atom stereocenters. The maximum atomic E-state index is 5.68. The van der Waals surface area contributed by atoms with Gasteiger partial charge in [-0.05, 0) is 24.8 Å². The third-order valence-electron chi connectivity index (χ3n) is 3.33. The number of hydrogen-bond donors (Lipinski definition) is 1. The Morgan fingerprint density at radius 1 is 1.28 bits per heavy atom. The molecule has 0 aromatic carbocycles. The number of rotatable bonds is 6. The van der Waals surface area contributed by atoms with Crippen LogP contribution in [0, 0.1) is 5.92 Å². The first-order valence-corrected chi connectivity index (χ1v) is 6.93. The lowest BCUT2D eigenvalue weighted by Crippen LogP contribution is -2.22. The Balaban J connectivity index is 1.76. The number of aromatic nitrogens is 2. The summed E-state index contributed by atoms with van der Waals surface area (Å²) in [6, 6.07) is 4.36. The van der Waals surface area contributed by atoms with E-state index in [-0.39, 0.29) is 0 Å². The zero-order valence-corrected chi connectivity index (χ0v) is 11.4. The van der Waals surface area contributed by atoms with Crippen LogP contribution in [0.3, 0.4) is 0 Å². The van der Waals surface area contributed by atoms with E-state index in [4.69, 9.17) is 4.74 Å². The van der Waals surface area contributed by atoms with E-state index in [2.05, 4.69) is 29.4 Å². The van der Waals surface area contributed by atoms with Gasteiger partial charge in [0.1, 0.15) is 0 Å². The molecule has 100 valence electrons. The zero-order valence-electron chi connectivity index (χ0n) is 11.4. The van der Waals surface area contributed by atoms with Crippen LogP contribution >= 0.6 is 0 Å². The molecule has 0 amide bonds. The molecule has 1 fully saturated rings. The first-order valence-electron chi connectivity index (χ1n) is 6.93. The van der Waals surface area contributed by atoms with Gasteiger partial charge in [0.05, 0.1) is 12.3 Å². The Bertz CT molecular complexity index is 345. The molecule has 1 aromatic heterocycles. The summed E-state index contributed by atoms with van der Waals surface area (Å²) in [5.74, 6) is 1.37. The van der Waals surface area contributed by atoms with Crippen LogP contribution in [-0.4, -0.2) is 22.8 Å². The lowest BCUT2D eigenvalue weighted by Gasteiger charge is -2.10. The van der Waals surface area contributed by atoms with E-state index in [1.807, 2.05) is 12.1 Å². The highest BCUT2D eigenvalue weighted by Crippen LogP contribution is 2.25. The smallest absolute Gasteiger partial charge is 0.233 e. The lowest BCUT2D eigenvalue weighted by atomic mass is 10.1. The van der Waals surface area contributed by atoms with Crippen molar-refractivity contribution in [1.29, 1.82) is 0 Å². The van der Waals surface area contributed by atoms with Gasteiger partial charge in [0.15, 0.2) is 0 Å². The maximum absolute atomic E-state index is 5.68. The second-order valence-electron chi connectivity index (χ2n) is 5.36. The lowest BCUT2D eigenvalue weighted by molar-refractivity contribution is 0.241. The topological polar surface area (TPSA) is 47.0 Å². The van der Waals surface area contributed by atoms with Crippen molar-refractivity contribution in [3.05, 3.63) is 17.8 Å². The van der Waals surface area contributed by atoms with Crippen molar-refractivity contribution in [1.82, 2.24) is 15.5 Å². The van der Waals surface area contributed by atoms with Crippen molar-refractivity contribution in [2.24, 2.45) is 5.92 Å². The summed E-state index contributed by atoms with van der Waals surface area (Å²) in [5.41, 5.74) is 0.955. The highest BCUT2D eigenvalue weighted by atomic mass is 16.5. The van der Waals surface area contributed by atoms with Gasteiger partial charge in [-0.25, -0.2) is 0 Å². The number of hydrogen-bond acceptors (Lipinski definition) is 4. The standard InChI is InChI=1S/C14H23N3O/c1-11(2)15-9-13-7-8-14(17-16-13)18-10-12-5-3-4-6-12/h7-8,11-12,15H,3-6,9-10H2,1-2H3. The van der Waals surface area contributed by atoms with Gasteiger partial charge < -0.3 is 10.1 Å². The van der Waals surface area contributed by atoms with Crippen LogP contribution < -0.4 is 10.1 Å². The van der Waals surface area contributed by atoms with E-state index in [0.29, 0.717) is 17.8 Å². The van der Waals surface area contributed by atoms with Gasteiger partial charge >= 0.3 is 0 Å². The minimum atomic E-state index is 0.463. The van der Waals surface area contributed by atoms with E-state index in [0.717, 1.165) is 18.8 Å². The van der Waals surface area contributed by atoms with E-state index >= 15 is 0 Å². The molecule has 0 spiro atoms. The number of ether oxygens (including phenoxy) is 1. The van der Waals surface area contributed by atoms with Crippen molar-refractivity contribution in [3.63, 3.8) is 0 Å². The van der Waals surface area contributed by atoms with Gasteiger partial charge in [0.25, 0.3) is 0 Å². The van der Waals surface area contributed by atoms with Gasteiger partial charge in [-0.15, -0.1) is 5.10 Å². The summed E-state index contributed by atoms with van der Waals surface area (Å²) in [4.78, 5) is 0. The molecule has 2 rings (SSSR count). The van der Waals surface area contributed by atoms with Crippen LogP contribution in [0.4, 0.5) is 0 Å². The third kappa shape index (κ3) is 4.26. The predicted molar refractivity (Wildman–Crippen MR) is 71.5 cm³/mol. The van der Waals surface area contributed by atoms with Gasteiger partial charge in [0, 0.05) is 18.7 Å². The highest BCUT2D eigenvalue weighted by molar-refractivity contribution is 5.11. The Morgan fingerprint density at radius 2 is 2.06 bits per heavy atom. The molecule has 1 aliphatic rings. The average molecular weight is 249 g/mol. The third-order valence-corrected chi connectivity index (χ3v) is 3.33. The van der Waals surface area contributed by atoms with E-state index in [9.17, 15) is 0 Å². The average Bonchev–Trinajstić information content (AvgIpc) is 2.88. The zero-order chi connectivity index (χ0) is 12.8. The molecular formula is C14H23N3O. The SMILES string of the molecule is CC(C)NCc1ccc(OCC2CCCC2)nn1. The molecule has 0 saturated heterocycles. The van der Waals surface area contributed by atoms with Gasteiger partial charge in [-0.2, -0.15) is 5.10 Å². The van der Waals surface area contributed by atoms with Crippen LogP contribution in [0.1, 0.15) is 45.2 Å². The van der Waals surface area contributed by atoms with Crippen LogP contribution in [0.25, 0.3) is 0 Å². The molecule has 18 heavy (non-hydrogen) atoms. The van der Waals surface area contributed by atoms with E-state index in [1.165, 1.54) is 25.7 Å². The van der Waals surface area contributed by atoms with Crippen LogP contribution in [0.5, 0.6) is 5.88 Å². The minimum absolute atomic E-state index is 0.463. The summed E-state index contributed by atoms with van der Waals surface area (Å²) in [7, 11) is 0. The van der Waals surface area contributed by atoms with Crippen molar-refractivity contribution in [3.8, 4) is 5.88 Å². The van der Waals surface area contributed by atoms with Gasteiger partial charge in [-0.1, -0.05) is 26.7 Å². The molecular weight excluding hydrogens is 226 g/mol.